The molecule has 5 heteroatoms. The zero-order chi connectivity index (χ0) is 20.9. The van der Waals surface area contributed by atoms with Gasteiger partial charge in [0.1, 0.15) is 0 Å². The molecule has 2 aromatic carbocycles. The van der Waals surface area contributed by atoms with Crippen LogP contribution in [0.2, 0.25) is 0 Å². The summed E-state index contributed by atoms with van der Waals surface area (Å²) in [4.78, 5) is 20.4. The number of carbonyl (C=O) groups is 2. The van der Waals surface area contributed by atoms with Gasteiger partial charge in [-0.1, -0.05) is 42.8 Å². The normalized spacial score (nSPS) is 12.9. The molecular formula is C25H22O4Ti. The van der Waals surface area contributed by atoms with Crippen LogP contribution in [-0.2, 0) is 21.7 Å². The number of aromatic carboxylic acids is 2. The Kier molecular flexibility index (Phi) is 11.8. The Morgan fingerprint density at radius 1 is 0.700 bits per heavy atom. The van der Waals surface area contributed by atoms with Gasteiger partial charge in [-0.25, -0.2) is 32.9 Å². The van der Waals surface area contributed by atoms with E-state index in [0.29, 0.717) is 11.1 Å². The summed E-state index contributed by atoms with van der Waals surface area (Å²) in [6.07, 6.45) is 18.2. The fourth-order valence-corrected chi connectivity index (χ4v) is 2.51. The van der Waals surface area contributed by atoms with Crippen molar-refractivity contribution in [1.29, 1.82) is 0 Å². The second-order valence-electron chi connectivity index (χ2n) is 6.14. The van der Waals surface area contributed by atoms with Crippen molar-refractivity contribution in [3.63, 3.8) is 0 Å². The van der Waals surface area contributed by atoms with E-state index >= 15 is 0 Å². The van der Waals surface area contributed by atoms with Crippen LogP contribution in [0.1, 0.15) is 40.0 Å². The van der Waals surface area contributed by atoms with Gasteiger partial charge in [-0.2, -0.15) is 12.2 Å². The molecule has 2 aliphatic carbocycles. The van der Waals surface area contributed by atoms with E-state index in [0.717, 1.165) is 19.3 Å². The SMILES string of the molecule is O=C(O)c1ccccc1.O=C(O)c1ccccc1.[C-]1=C(CC2=[C-]CC=C2)C=CC1.[Ti+2]. The van der Waals surface area contributed by atoms with Gasteiger partial charge in [-0.3, -0.25) is 12.2 Å². The summed E-state index contributed by atoms with van der Waals surface area (Å²) >= 11 is 0. The van der Waals surface area contributed by atoms with E-state index in [-0.39, 0.29) is 21.7 Å². The molecule has 2 aromatic rings. The minimum absolute atomic E-state index is 0. The number of allylic oxidation sites excluding steroid dienone is 8. The summed E-state index contributed by atoms with van der Waals surface area (Å²) in [5, 5.41) is 16.8. The van der Waals surface area contributed by atoms with Gasteiger partial charge in [0.2, 0.25) is 0 Å². The van der Waals surface area contributed by atoms with Crippen LogP contribution in [0.4, 0.5) is 0 Å². The fourth-order valence-electron chi connectivity index (χ4n) is 2.51. The monoisotopic (exact) mass is 434 g/mol. The maximum absolute atomic E-state index is 10.2. The van der Waals surface area contributed by atoms with Gasteiger partial charge in [0.05, 0.1) is 11.1 Å². The van der Waals surface area contributed by atoms with E-state index in [1.165, 1.54) is 11.1 Å². The van der Waals surface area contributed by atoms with Crippen LogP contribution in [0.15, 0.2) is 96.1 Å². The number of rotatable bonds is 4. The number of hydrogen-bond donors (Lipinski definition) is 2. The van der Waals surface area contributed by atoms with Crippen LogP contribution in [-0.4, -0.2) is 22.2 Å². The molecule has 0 saturated carbocycles. The van der Waals surface area contributed by atoms with E-state index in [2.05, 4.69) is 36.5 Å². The molecule has 0 bridgehead atoms. The molecule has 4 rings (SSSR count). The second kappa shape index (κ2) is 14.1. The summed E-state index contributed by atoms with van der Waals surface area (Å²) in [6, 6.07) is 16.6. The maximum atomic E-state index is 10.2. The van der Waals surface area contributed by atoms with E-state index < -0.39 is 11.9 Å². The van der Waals surface area contributed by atoms with Crippen molar-refractivity contribution in [3.8, 4) is 0 Å². The average molecular weight is 434 g/mol. The Balaban J connectivity index is 0.000000223. The summed E-state index contributed by atoms with van der Waals surface area (Å²) in [5.41, 5.74) is 3.30. The van der Waals surface area contributed by atoms with Crippen LogP contribution >= 0.6 is 0 Å². The number of carboxylic acid groups (broad SMARTS) is 2. The Morgan fingerprint density at radius 3 is 1.30 bits per heavy atom. The van der Waals surface area contributed by atoms with E-state index in [9.17, 15) is 9.59 Å². The summed E-state index contributed by atoms with van der Waals surface area (Å²) in [7, 11) is 0. The molecule has 0 fully saturated rings. The predicted octanol–water partition coefficient (Wildman–Crippen LogP) is 5.52. The zero-order valence-electron chi connectivity index (χ0n) is 16.4. The van der Waals surface area contributed by atoms with Gasteiger partial charge in [0.15, 0.2) is 0 Å². The van der Waals surface area contributed by atoms with E-state index in [1.807, 2.05) is 0 Å². The summed E-state index contributed by atoms with van der Waals surface area (Å²) < 4.78 is 0. The molecule has 0 radical (unpaired) electrons. The van der Waals surface area contributed by atoms with Gasteiger partial charge in [-0.05, 0) is 24.3 Å². The smallest absolute Gasteiger partial charge is 0.478 e. The third-order valence-electron chi connectivity index (χ3n) is 3.95. The van der Waals surface area contributed by atoms with E-state index in [1.54, 1.807) is 60.7 Å². The molecule has 0 unspecified atom stereocenters. The Hall–Kier alpha value is -2.95. The Bertz CT molecular complexity index is 849. The van der Waals surface area contributed by atoms with Gasteiger partial charge < -0.3 is 10.2 Å². The van der Waals surface area contributed by atoms with Crippen LogP contribution in [0.25, 0.3) is 0 Å². The first-order valence-electron chi connectivity index (χ1n) is 9.15. The van der Waals surface area contributed by atoms with Crippen molar-refractivity contribution in [3.05, 3.63) is 119 Å². The second-order valence-corrected chi connectivity index (χ2v) is 6.14. The van der Waals surface area contributed by atoms with Crippen molar-refractivity contribution >= 4 is 11.9 Å². The van der Waals surface area contributed by atoms with Crippen LogP contribution in [0.5, 0.6) is 0 Å². The molecule has 150 valence electrons. The standard InChI is InChI=1S/C11H10.2C7H6O2.Ti/c1-2-6-10(5-1)9-11-7-3-4-8-11;2*8-7(9)6-4-2-1-3-5-6;/h1,3,5,7H,2,4,9H2;2*1-5H,(H,8,9);/q-2;;;+2. The van der Waals surface area contributed by atoms with Crippen molar-refractivity contribution in [1.82, 2.24) is 0 Å². The predicted molar refractivity (Wildman–Crippen MR) is 112 cm³/mol. The Morgan fingerprint density at radius 2 is 1.07 bits per heavy atom. The van der Waals surface area contributed by atoms with Gasteiger partial charge in [0, 0.05) is 0 Å². The molecular weight excluding hydrogens is 412 g/mol. The molecule has 0 aliphatic heterocycles. The molecule has 0 amide bonds. The van der Waals surface area contributed by atoms with Crippen molar-refractivity contribution in [2.24, 2.45) is 0 Å². The molecule has 0 heterocycles. The Labute approximate surface area is 191 Å². The maximum Gasteiger partial charge on any atom is 2.00 e. The first-order valence-corrected chi connectivity index (χ1v) is 9.15. The minimum Gasteiger partial charge on any atom is -0.478 e. The topological polar surface area (TPSA) is 74.6 Å². The quantitative estimate of drug-likeness (QED) is 0.491. The molecule has 0 saturated heterocycles. The molecule has 0 aromatic heterocycles. The average Bonchev–Trinajstić information content (AvgIpc) is 3.45. The van der Waals surface area contributed by atoms with E-state index in [4.69, 9.17) is 10.2 Å². The van der Waals surface area contributed by atoms with Crippen molar-refractivity contribution in [2.45, 2.75) is 19.3 Å². The van der Waals surface area contributed by atoms with Crippen LogP contribution in [0.3, 0.4) is 0 Å². The third-order valence-corrected chi connectivity index (χ3v) is 3.95. The summed E-state index contributed by atoms with van der Waals surface area (Å²) in [6.45, 7) is 0. The molecule has 2 aliphatic rings. The van der Waals surface area contributed by atoms with Crippen LogP contribution in [0, 0.1) is 12.2 Å². The number of carboxylic acids is 2. The molecule has 2 N–H and O–H groups in total. The number of hydrogen-bond acceptors (Lipinski definition) is 2. The largest absolute Gasteiger partial charge is 2.00 e. The fraction of sp³-hybridized carbons (Fsp3) is 0.120. The van der Waals surface area contributed by atoms with Gasteiger partial charge in [-0.15, -0.1) is 12.8 Å². The minimum atomic E-state index is -0.879. The molecule has 4 nitrogen and oxygen atoms in total. The zero-order valence-corrected chi connectivity index (χ0v) is 18.0. The summed E-state index contributed by atoms with van der Waals surface area (Å²) in [5.74, 6) is -1.76. The van der Waals surface area contributed by atoms with Crippen molar-refractivity contribution in [2.75, 3.05) is 0 Å². The first-order chi connectivity index (χ1) is 14.1. The third kappa shape index (κ3) is 9.50. The van der Waals surface area contributed by atoms with Crippen molar-refractivity contribution < 1.29 is 41.5 Å². The van der Waals surface area contributed by atoms with Gasteiger partial charge in [0.25, 0.3) is 0 Å². The number of benzene rings is 2. The molecule has 0 atom stereocenters. The van der Waals surface area contributed by atoms with Crippen LogP contribution < -0.4 is 0 Å². The van der Waals surface area contributed by atoms with Gasteiger partial charge >= 0.3 is 33.7 Å². The molecule has 0 spiro atoms. The first kappa shape index (κ1) is 25.1. The molecule has 30 heavy (non-hydrogen) atoms.